The van der Waals surface area contributed by atoms with Crippen LogP contribution in [0.3, 0.4) is 0 Å². The fourth-order valence-electron chi connectivity index (χ4n) is 1.37. The average Bonchev–Trinajstić information content (AvgIpc) is 2.64. The minimum absolute atomic E-state index is 0.0525. The Hall–Kier alpha value is -1.44. The van der Waals surface area contributed by atoms with Gasteiger partial charge < -0.3 is 15.3 Å². The van der Waals surface area contributed by atoms with E-state index in [2.05, 4.69) is 10.5 Å². The third-order valence-corrected chi connectivity index (χ3v) is 3.05. The summed E-state index contributed by atoms with van der Waals surface area (Å²) in [6.07, 6.45) is 0.581. The van der Waals surface area contributed by atoms with Crippen LogP contribution in [0.4, 0.5) is 0 Å². The van der Waals surface area contributed by atoms with Crippen molar-refractivity contribution in [3.05, 3.63) is 0 Å². The fraction of sp³-hybridized carbons (Fsp3) is 0.667. The van der Waals surface area contributed by atoms with E-state index in [4.69, 9.17) is 9.94 Å². The number of amides is 1. The average molecular weight is 262 g/mol. The van der Waals surface area contributed by atoms with Gasteiger partial charge in [0.05, 0.1) is 0 Å². The van der Waals surface area contributed by atoms with E-state index in [0.29, 0.717) is 5.75 Å². The molecule has 0 radical (unpaired) electrons. The highest BCUT2D eigenvalue weighted by Gasteiger charge is 2.31. The molecule has 0 spiro atoms. The molecule has 2 N–H and O–H groups in total. The fourth-order valence-corrected chi connectivity index (χ4v) is 2.16. The number of nitrogens with one attached hydrogen (secondary N) is 1. The van der Waals surface area contributed by atoms with E-state index in [9.17, 15) is 13.8 Å². The van der Waals surface area contributed by atoms with Crippen LogP contribution in [-0.2, 0) is 25.2 Å². The summed E-state index contributed by atoms with van der Waals surface area (Å²) < 4.78 is 10.9. The summed E-state index contributed by atoms with van der Waals surface area (Å²) in [5.41, 5.74) is -0.170. The normalized spacial score (nSPS) is 22.2. The molecule has 0 bridgehead atoms. The maximum atomic E-state index is 11.6. The zero-order valence-corrected chi connectivity index (χ0v) is 10.3. The molecule has 1 heterocycles. The maximum absolute atomic E-state index is 11.6. The first kappa shape index (κ1) is 13.6. The molecule has 0 saturated heterocycles. The van der Waals surface area contributed by atoms with Crippen molar-refractivity contribution in [1.82, 2.24) is 5.32 Å². The first-order valence-electron chi connectivity index (χ1n) is 4.96. The van der Waals surface area contributed by atoms with Crippen molar-refractivity contribution in [3.8, 4) is 0 Å². The number of aliphatic carboxylic acids is 1. The highest BCUT2D eigenvalue weighted by molar-refractivity contribution is 7.84. The Morgan fingerprint density at radius 3 is 2.82 bits per heavy atom. The van der Waals surface area contributed by atoms with Crippen LogP contribution in [0.15, 0.2) is 5.16 Å². The highest BCUT2D eigenvalue weighted by Crippen LogP contribution is 2.11. The van der Waals surface area contributed by atoms with Gasteiger partial charge in [-0.3, -0.25) is 9.00 Å². The van der Waals surface area contributed by atoms with Gasteiger partial charge in [-0.25, -0.2) is 4.79 Å². The lowest BCUT2D eigenvalue weighted by molar-refractivity contribution is -0.131. The lowest BCUT2D eigenvalue weighted by atomic mass is 10.1. The van der Waals surface area contributed by atoms with E-state index < -0.39 is 28.8 Å². The molecule has 1 aliphatic rings. The number of hydrogen-bond donors (Lipinski definition) is 2. The Bertz CT molecular complexity index is 382. The Labute approximate surface area is 101 Å². The zero-order chi connectivity index (χ0) is 13.0. The standard InChI is InChI=1S/C9H14N2O5S/c1-5(4-17(2)15)10-8(12)7-3-6(9(13)14)11-16-7/h5,7H,3-4H2,1-2H3,(H,10,12)(H,13,14). The van der Waals surface area contributed by atoms with Crippen LogP contribution < -0.4 is 5.32 Å². The van der Waals surface area contributed by atoms with Gasteiger partial charge in [-0.1, -0.05) is 5.16 Å². The van der Waals surface area contributed by atoms with E-state index >= 15 is 0 Å². The van der Waals surface area contributed by atoms with Crippen LogP contribution in [0.25, 0.3) is 0 Å². The van der Waals surface area contributed by atoms with E-state index in [1.54, 1.807) is 13.2 Å². The van der Waals surface area contributed by atoms with Crippen LogP contribution in [0.1, 0.15) is 13.3 Å². The zero-order valence-electron chi connectivity index (χ0n) is 9.50. The first-order valence-corrected chi connectivity index (χ1v) is 6.69. The van der Waals surface area contributed by atoms with Gasteiger partial charge in [-0.2, -0.15) is 0 Å². The number of oxime groups is 1. The van der Waals surface area contributed by atoms with Crippen LogP contribution in [0, 0.1) is 0 Å². The third-order valence-electron chi connectivity index (χ3n) is 2.08. The van der Waals surface area contributed by atoms with E-state index in [0.717, 1.165) is 0 Å². The number of hydrogen-bond acceptors (Lipinski definition) is 5. The SMILES string of the molecule is CC(CS(C)=O)NC(=O)C1CC(C(=O)O)=NO1. The van der Waals surface area contributed by atoms with Gasteiger partial charge in [-0.15, -0.1) is 0 Å². The Kier molecular flexibility index (Phi) is 4.62. The predicted molar refractivity (Wildman–Crippen MR) is 61.1 cm³/mol. The molecule has 3 unspecified atom stereocenters. The number of carboxylic acids is 1. The molecule has 0 aromatic heterocycles. The van der Waals surface area contributed by atoms with E-state index in [-0.39, 0.29) is 18.2 Å². The van der Waals surface area contributed by atoms with Gasteiger partial charge in [0.1, 0.15) is 0 Å². The van der Waals surface area contributed by atoms with Crippen molar-refractivity contribution >= 4 is 28.4 Å². The molecule has 1 aliphatic heterocycles. The largest absolute Gasteiger partial charge is 0.477 e. The second-order valence-corrected chi connectivity index (χ2v) is 5.27. The second kappa shape index (κ2) is 5.76. The summed E-state index contributed by atoms with van der Waals surface area (Å²) in [7, 11) is -1.01. The molecule has 0 saturated carbocycles. The van der Waals surface area contributed by atoms with E-state index in [1.165, 1.54) is 0 Å². The summed E-state index contributed by atoms with van der Waals surface area (Å²) in [6, 6.07) is -0.259. The van der Waals surface area contributed by atoms with Crippen molar-refractivity contribution in [2.45, 2.75) is 25.5 Å². The molecule has 8 heteroatoms. The topological polar surface area (TPSA) is 105 Å². The Morgan fingerprint density at radius 1 is 1.71 bits per heavy atom. The second-order valence-electron chi connectivity index (χ2n) is 3.79. The quantitative estimate of drug-likeness (QED) is 0.668. The van der Waals surface area contributed by atoms with Crippen LogP contribution in [-0.4, -0.2) is 51.1 Å². The molecule has 7 nitrogen and oxygen atoms in total. The van der Waals surface area contributed by atoms with Gasteiger partial charge in [0.2, 0.25) is 6.10 Å². The van der Waals surface area contributed by atoms with Crippen LogP contribution in [0.5, 0.6) is 0 Å². The van der Waals surface area contributed by atoms with Crippen molar-refractivity contribution in [3.63, 3.8) is 0 Å². The van der Waals surface area contributed by atoms with Crippen molar-refractivity contribution in [1.29, 1.82) is 0 Å². The molecule has 0 aliphatic carbocycles. The summed E-state index contributed by atoms with van der Waals surface area (Å²) in [5.74, 6) is -1.29. The molecular formula is C9H14N2O5S. The molecule has 1 rings (SSSR count). The minimum atomic E-state index is -1.19. The monoisotopic (exact) mass is 262 g/mol. The molecular weight excluding hydrogens is 248 g/mol. The summed E-state index contributed by atoms with van der Waals surface area (Å²) in [5, 5.41) is 14.5. The number of rotatable bonds is 5. The van der Waals surface area contributed by atoms with Gasteiger partial charge in [-0.05, 0) is 6.92 Å². The molecule has 1 amide bonds. The first-order chi connectivity index (χ1) is 7.90. The number of carbonyl (C=O) groups is 2. The van der Waals surface area contributed by atoms with Gasteiger partial charge in [0.15, 0.2) is 5.71 Å². The van der Waals surface area contributed by atoms with Crippen LogP contribution in [0.2, 0.25) is 0 Å². The Balaban J connectivity index is 2.41. The molecule has 96 valence electrons. The van der Waals surface area contributed by atoms with Crippen molar-refractivity contribution in [2.24, 2.45) is 5.16 Å². The number of nitrogens with zero attached hydrogens (tertiary/aromatic N) is 1. The number of carbonyl (C=O) groups excluding carboxylic acids is 1. The minimum Gasteiger partial charge on any atom is -0.477 e. The maximum Gasteiger partial charge on any atom is 0.353 e. The lowest BCUT2D eigenvalue weighted by Crippen LogP contribution is -2.42. The molecule has 0 aromatic carbocycles. The Morgan fingerprint density at radius 2 is 2.35 bits per heavy atom. The molecule has 0 fully saturated rings. The van der Waals surface area contributed by atoms with E-state index in [1.807, 2.05) is 0 Å². The molecule has 0 aromatic rings. The molecule has 3 atom stereocenters. The van der Waals surface area contributed by atoms with Crippen LogP contribution >= 0.6 is 0 Å². The highest BCUT2D eigenvalue weighted by atomic mass is 32.2. The smallest absolute Gasteiger partial charge is 0.353 e. The summed E-state index contributed by atoms with van der Waals surface area (Å²) in [6.45, 7) is 1.72. The summed E-state index contributed by atoms with van der Waals surface area (Å²) in [4.78, 5) is 26.9. The summed E-state index contributed by atoms with van der Waals surface area (Å²) >= 11 is 0. The third kappa shape index (κ3) is 4.14. The number of carboxylic acid groups (broad SMARTS) is 1. The predicted octanol–water partition coefficient (Wildman–Crippen LogP) is -0.901. The van der Waals surface area contributed by atoms with Crippen molar-refractivity contribution < 1.29 is 23.7 Å². The van der Waals surface area contributed by atoms with Gasteiger partial charge in [0.25, 0.3) is 5.91 Å². The van der Waals surface area contributed by atoms with Gasteiger partial charge >= 0.3 is 5.97 Å². The van der Waals surface area contributed by atoms with Crippen molar-refractivity contribution in [2.75, 3.05) is 12.0 Å². The molecule has 17 heavy (non-hydrogen) atoms. The lowest BCUT2D eigenvalue weighted by Gasteiger charge is -2.14. The van der Waals surface area contributed by atoms with Gasteiger partial charge in [0, 0.05) is 35.3 Å².